The number of fused-ring (bicyclic) bond motifs is 1. The Morgan fingerprint density at radius 1 is 1.11 bits per heavy atom. The number of nitrogens with one attached hydrogen (secondary N) is 1. The van der Waals surface area contributed by atoms with Crippen LogP contribution in [-0.2, 0) is 0 Å². The van der Waals surface area contributed by atoms with Gasteiger partial charge in [0.05, 0.1) is 6.61 Å². The Kier molecular flexibility index (Phi) is 3.23. The third kappa shape index (κ3) is 2.48. The first-order valence-corrected chi connectivity index (χ1v) is 6.63. The van der Waals surface area contributed by atoms with Crippen molar-refractivity contribution in [2.75, 3.05) is 18.5 Å². The van der Waals surface area contributed by atoms with E-state index < -0.39 is 0 Å². The van der Waals surface area contributed by atoms with Gasteiger partial charge in [0.1, 0.15) is 5.75 Å². The second-order valence-electron chi connectivity index (χ2n) is 4.57. The van der Waals surface area contributed by atoms with Crippen molar-refractivity contribution in [3.8, 4) is 5.75 Å². The number of benzene rings is 2. The lowest BCUT2D eigenvalue weighted by Crippen LogP contribution is -1.92. The van der Waals surface area contributed by atoms with E-state index in [0.29, 0.717) is 6.61 Å². The van der Waals surface area contributed by atoms with E-state index in [2.05, 4.69) is 47.8 Å². The van der Waals surface area contributed by atoms with Gasteiger partial charge in [0.2, 0.25) is 0 Å². The van der Waals surface area contributed by atoms with E-state index in [-0.39, 0.29) is 0 Å². The maximum atomic E-state index is 5.45. The van der Waals surface area contributed by atoms with Crippen molar-refractivity contribution in [1.82, 2.24) is 0 Å². The fourth-order valence-electron chi connectivity index (χ4n) is 2.36. The van der Waals surface area contributed by atoms with Gasteiger partial charge in [0.15, 0.2) is 0 Å². The van der Waals surface area contributed by atoms with Crippen molar-refractivity contribution < 1.29 is 4.74 Å². The van der Waals surface area contributed by atoms with Crippen LogP contribution >= 0.6 is 0 Å². The molecule has 2 nitrogen and oxygen atoms in total. The molecule has 0 fully saturated rings. The number of anilines is 1. The molecule has 0 radical (unpaired) electrons. The molecule has 1 aliphatic rings. The van der Waals surface area contributed by atoms with Crippen molar-refractivity contribution in [2.45, 2.75) is 6.92 Å². The first-order chi connectivity index (χ1) is 9.36. The van der Waals surface area contributed by atoms with Crippen LogP contribution in [0.4, 0.5) is 5.69 Å². The quantitative estimate of drug-likeness (QED) is 0.888. The molecule has 2 aromatic rings. The predicted molar refractivity (Wildman–Crippen MR) is 80.4 cm³/mol. The second kappa shape index (κ2) is 5.19. The van der Waals surface area contributed by atoms with Crippen molar-refractivity contribution in [1.29, 1.82) is 0 Å². The van der Waals surface area contributed by atoms with Crippen LogP contribution in [0.15, 0.2) is 48.5 Å². The van der Waals surface area contributed by atoms with Gasteiger partial charge in [0.25, 0.3) is 0 Å². The zero-order chi connectivity index (χ0) is 13.1. The fraction of sp³-hybridized carbons (Fsp3) is 0.176. The van der Waals surface area contributed by atoms with E-state index in [1.54, 1.807) is 0 Å². The van der Waals surface area contributed by atoms with Crippen LogP contribution in [0.5, 0.6) is 5.75 Å². The molecule has 0 saturated heterocycles. The number of para-hydroxylation sites is 1. The summed E-state index contributed by atoms with van der Waals surface area (Å²) in [5.74, 6) is 0.926. The summed E-state index contributed by atoms with van der Waals surface area (Å²) >= 11 is 0. The molecule has 0 atom stereocenters. The molecule has 0 amide bonds. The van der Waals surface area contributed by atoms with Crippen LogP contribution in [-0.4, -0.2) is 13.2 Å². The van der Waals surface area contributed by atoms with Crippen LogP contribution in [0.3, 0.4) is 0 Å². The average Bonchev–Trinajstić information content (AvgIpc) is 2.85. The molecule has 0 saturated carbocycles. The van der Waals surface area contributed by atoms with E-state index in [1.165, 1.54) is 22.4 Å². The molecule has 2 heteroatoms. The molecular formula is C17H17NO. The fourth-order valence-corrected chi connectivity index (χ4v) is 2.36. The molecule has 0 aromatic heterocycles. The van der Waals surface area contributed by atoms with Crippen LogP contribution < -0.4 is 10.1 Å². The number of ether oxygens (including phenoxy) is 1. The summed E-state index contributed by atoms with van der Waals surface area (Å²) in [4.78, 5) is 0. The first kappa shape index (κ1) is 11.8. The summed E-state index contributed by atoms with van der Waals surface area (Å²) in [5, 5.41) is 3.41. The molecule has 0 bridgehead atoms. The third-order valence-electron chi connectivity index (χ3n) is 3.27. The van der Waals surface area contributed by atoms with Crippen LogP contribution in [0.2, 0.25) is 0 Å². The highest BCUT2D eigenvalue weighted by Gasteiger charge is 2.13. The van der Waals surface area contributed by atoms with Crippen molar-refractivity contribution >= 4 is 17.3 Å². The first-order valence-electron chi connectivity index (χ1n) is 6.63. The summed E-state index contributed by atoms with van der Waals surface area (Å²) in [6, 6.07) is 16.7. The lowest BCUT2D eigenvalue weighted by atomic mass is 10.0. The highest BCUT2D eigenvalue weighted by molar-refractivity contribution is 5.92. The minimum Gasteiger partial charge on any atom is -0.494 e. The largest absolute Gasteiger partial charge is 0.494 e. The Morgan fingerprint density at radius 3 is 2.68 bits per heavy atom. The van der Waals surface area contributed by atoms with E-state index in [4.69, 9.17) is 4.74 Å². The Morgan fingerprint density at radius 2 is 1.89 bits per heavy atom. The van der Waals surface area contributed by atoms with Gasteiger partial charge in [-0.15, -0.1) is 0 Å². The van der Waals surface area contributed by atoms with E-state index in [9.17, 15) is 0 Å². The summed E-state index contributed by atoms with van der Waals surface area (Å²) in [6.07, 6.45) is 2.23. The van der Waals surface area contributed by atoms with Gasteiger partial charge in [-0.1, -0.05) is 30.3 Å². The minimum absolute atomic E-state index is 0.706. The van der Waals surface area contributed by atoms with Crippen molar-refractivity contribution in [2.24, 2.45) is 0 Å². The maximum Gasteiger partial charge on any atom is 0.119 e. The summed E-state index contributed by atoms with van der Waals surface area (Å²) in [5.41, 5.74) is 5.06. The predicted octanol–water partition coefficient (Wildman–Crippen LogP) is 4.05. The molecule has 0 aliphatic carbocycles. The van der Waals surface area contributed by atoms with Crippen molar-refractivity contribution in [3.05, 3.63) is 59.7 Å². The Bertz CT molecular complexity index is 599. The van der Waals surface area contributed by atoms with Crippen LogP contribution in [0.25, 0.3) is 11.6 Å². The van der Waals surface area contributed by atoms with Gasteiger partial charge in [-0.3, -0.25) is 0 Å². The smallest absolute Gasteiger partial charge is 0.119 e. The van der Waals surface area contributed by atoms with E-state index in [0.717, 1.165) is 12.3 Å². The van der Waals surface area contributed by atoms with Gasteiger partial charge in [-0.05, 0) is 42.3 Å². The summed E-state index contributed by atoms with van der Waals surface area (Å²) in [7, 11) is 0. The van der Waals surface area contributed by atoms with E-state index in [1.807, 2.05) is 19.1 Å². The second-order valence-corrected chi connectivity index (χ2v) is 4.57. The zero-order valence-electron chi connectivity index (χ0n) is 11.0. The Balaban J connectivity index is 1.86. The van der Waals surface area contributed by atoms with Gasteiger partial charge >= 0.3 is 0 Å². The minimum atomic E-state index is 0.706. The van der Waals surface area contributed by atoms with E-state index >= 15 is 0 Å². The Labute approximate surface area is 113 Å². The number of hydrogen-bond acceptors (Lipinski definition) is 2. The molecule has 1 heterocycles. The standard InChI is InChI=1S/C17H17NO/c1-2-19-15-9-7-13(8-10-15)11-14-12-18-17-6-4-3-5-16(14)17/h3-11,18H,2,12H2,1H3. The number of hydrogen-bond donors (Lipinski definition) is 1. The Hall–Kier alpha value is -2.22. The molecule has 3 rings (SSSR count). The maximum absolute atomic E-state index is 5.45. The highest BCUT2D eigenvalue weighted by atomic mass is 16.5. The van der Waals surface area contributed by atoms with Gasteiger partial charge in [0, 0.05) is 17.8 Å². The highest BCUT2D eigenvalue weighted by Crippen LogP contribution is 2.31. The van der Waals surface area contributed by atoms with Gasteiger partial charge < -0.3 is 10.1 Å². The topological polar surface area (TPSA) is 21.3 Å². The third-order valence-corrected chi connectivity index (χ3v) is 3.27. The lowest BCUT2D eigenvalue weighted by molar-refractivity contribution is 0.340. The average molecular weight is 251 g/mol. The molecular weight excluding hydrogens is 234 g/mol. The van der Waals surface area contributed by atoms with Crippen molar-refractivity contribution in [3.63, 3.8) is 0 Å². The molecule has 96 valence electrons. The van der Waals surface area contributed by atoms with Crippen LogP contribution in [0, 0.1) is 0 Å². The normalized spacial score (nSPS) is 15.1. The molecule has 1 N–H and O–H groups in total. The van der Waals surface area contributed by atoms with Gasteiger partial charge in [-0.2, -0.15) is 0 Å². The molecule has 0 unspecified atom stereocenters. The van der Waals surface area contributed by atoms with Crippen LogP contribution in [0.1, 0.15) is 18.1 Å². The zero-order valence-corrected chi connectivity index (χ0v) is 11.0. The molecule has 1 aliphatic heterocycles. The molecule has 2 aromatic carbocycles. The molecule has 0 spiro atoms. The lowest BCUT2D eigenvalue weighted by Gasteiger charge is -2.03. The monoisotopic (exact) mass is 251 g/mol. The van der Waals surface area contributed by atoms with Gasteiger partial charge in [-0.25, -0.2) is 0 Å². The SMILES string of the molecule is CCOc1ccc(C=C2CNc3ccccc32)cc1. The number of rotatable bonds is 3. The summed E-state index contributed by atoms with van der Waals surface area (Å²) < 4.78 is 5.45. The molecule has 19 heavy (non-hydrogen) atoms. The summed E-state index contributed by atoms with van der Waals surface area (Å²) in [6.45, 7) is 3.60.